The van der Waals surface area contributed by atoms with Crippen LogP contribution in [0, 0.1) is 5.41 Å². The Bertz CT molecular complexity index is 239. The molecule has 0 aromatic heterocycles. The molecule has 1 aliphatic rings. The van der Waals surface area contributed by atoms with E-state index in [-0.39, 0.29) is 23.8 Å². The van der Waals surface area contributed by atoms with Gasteiger partial charge in [0.2, 0.25) is 0 Å². The largest absolute Gasteiger partial charge is 0.469 e. The lowest BCUT2D eigenvalue weighted by atomic mass is 9.89. The number of halogens is 1. The maximum absolute atomic E-state index is 11.5. The van der Waals surface area contributed by atoms with Gasteiger partial charge in [0, 0.05) is 6.04 Å². The summed E-state index contributed by atoms with van der Waals surface area (Å²) in [6.45, 7) is 6.94. The Labute approximate surface area is 110 Å². The number of likely N-dealkylation sites (tertiary alicyclic amines) is 1. The molecule has 0 aromatic carbocycles. The van der Waals surface area contributed by atoms with Crippen molar-refractivity contribution in [3.8, 4) is 0 Å². The molecular formula is C12H25ClN2O2. The van der Waals surface area contributed by atoms with Crippen LogP contribution in [0.3, 0.4) is 0 Å². The van der Waals surface area contributed by atoms with Crippen LogP contribution in [0.25, 0.3) is 0 Å². The summed E-state index contributed by atoms with van der Waals surface area (Å²) >= 11 is 0. The molecule has 1 rings (SSSR count). The first-order valence-electron chi connectivity index (χ1n) is 6.02. The molecule has 0 amide bonds. The van der Waals surface area contributed by atoms with E-state index >= 15 is 0 Å². The zero-order chi connectivity index (χ0) is 12.2. The number of nitrogens with two attached hydrogens (primary N) is 1. The molecule has 0 bridgehead atoms. The van der Waals surface area contributed by atoms with E-state index in [1.165, 1.54) is 7.11 Å². The van der Waals surface area contributed by atoms with Crippen LogP contribution in [0.15, 0.2) is 0 Å². The standard InChI is InChI=1S/C12H24N2O2.ClH/c1-12(2,11(15)16-3)6-9-14-7-4-10(13)5-8-14;/h10H,4-9,13H2,1-3H3;1H. The van der Waals surface area contributed by atoms with E-state index in [1.54, 1.807) is 0 Å². The van der Waals surface area contributed by atoms with Crippen molar-refractivity contribution >= 4 is 18.4 Å². The Hall–Kier alpha value is -0.320. The van der Waals surface area contributed by atoms with Gasteiger partial charge in [-0.05, 0) is 52.7 Å². The molecule has 1 aliphatic heterocycles. The third-order valence-corrected chi connectivity index (χ3v) is 3.42. The molecule has 0 aromatic rings. The number of ether oxygens (including phenoxy) is 1. The quantitative estimate of drug-likeness (QED) is 0.781. The first kappa shape index (κ1) is 16.7. The molecule has 4 nitrogen and oxygen atoms in total. The maximum Gasteiger partial charge on any atom is 0.311 e. The molecule has 1 heterocycles. The molecule has 0 radical (unpaired) electrons. The number of nitrogens with zero attached hydrogens (tertiary/aromatic N) is 1. The van der Waals surface area contributed by atoms with Crippen molar-refractivity contribution in [2.24, 2.45) is 11.1 Å². The molecule has 5 heteroatoms. The van der Waals surface area contributed by atoms with Gasteiger partial charge in [0.05, 0.1) is 12.5 Å². The molecule has 0 atom stereocenters. The Kier molecular flexibility index (Phi) is 7.05. The van der Waals surface area contributed by atoms with Gasteiger partial charge in [-0.25, -0.2) is 0 Å². The molecule has 2 N–H and O–H groups in total. The molecule has 17 heavy (non-hydrogen) atoms. The fraction of sp³-hybridized carbons (Fsp3) is 0.917. The summed E-state index contributed by atoms with van der Waals surface area (Å²) in [7, 11) is 1.45. The van der Waals surface area contributed by atoms with E-state index in [1.807, 2.05) is 13.8 Å². The highest BCUT2D eigenvalue weighted by molar-refractivity contribution is 5.85. The molecular weight excluding hydrogens is 240 g/mol. The third kappa shape index (κ3) is 5.23. The van der Waals surface area contributed by atoms with Crippen LogP contribution in [-0.4, -0.2) is 43.7 Å². The lowest BCUT2D eigenvalue weighted by molar-refractivity contribution is -0.151. The van der Waals surface area contributed by atoms with Gasteiger partial charge in [-0.1, -0.05) is 0 Å². The number of hydrogen-bond acceptors (Lipinski definition) is 4. The first-order valence-corrected chi connectivity index (χ1v) is 6.02. The predicted molar refractivity (Wildman–Crippen MR) is 71.3 cm³/mol. The topological polar surface area (TPSA) is 55.6 Å². The summed E-state index contributed by atoms with van der Waals surface area (Å²) in [5.74, 6) is -0.124. The minimum Gasteiger partial charge on any atom is -0.469 e. The Morgan fingerprint density at radius 3 is 2.41 bits per heavy atom. The molecule has 0 spiro atoms. The minimum absolute atomic E-state index is 0. The second-order valence-corrected chi connectivity index (χ2v) is 5.30. The van der Waals surface area contributed by atoms with Gasteiger partial charge in [-0.3, -0.25) is 4.79 Å². The van der Waals surface area contributed by atoms with Crippen LogP contribution in [-0.2, 0) is 9.53 Å². The average molecular weight is 265 g/mol. The van der Waals surface area contributed by atoms with E-state index in [4.69, 9.17) is 10.5 Å². The summed E-state index contributed by atoms with van der Waals surface area (Å²) in [6.07, 6.45) is 2.98. The van der Waals surface area contributed by atoms with E-state index in [0.717, 1.165) is 38.9 Å². The lowest BCUT2D eigenvalue weighted by Crippen LogP contribution is -2.41. The SMILES string of the molecule is COC(=O)C(C)(C)CCN1CCC(N)CC1.Cl. The number of hydrogen-bond donors (Lipinski definition) is 1. The van der Waals surface area contributed by atoms with E-state index in [2.05, 4.69) is 4.90 Å². The van der Waals surface area contributed by atoms with Gasteiger partial charge in [-0.15, -0.1) is 12.4 Å². The van der Waals surface area contributed by atoms with Crippen LogP contribution in [0.1, 0.15) is 33.1 Å². The van der Waals surface area contributed by atoms with Crippen LogP contribution in [0.4, 0.5) is 0 Å². The fourth-order valence-corrected chi connectivity index (χ4v) is 1.99. The Balaban J connectivity index is 0.00000256. The van der Waals surface area contributed by atoms with E-state index in [0.29, 0.717) is 6.04 Å². The number of methoxy groups -OCH3 is 1. The summed E-state index contributed by atoms with van der Waals surface area (Å²) in [5, 5.41) is 0. The lowest BCUT2D eigenvalue weighted by Gasteiger charge is -2.32. The second-order valence-electron chi connectivity index (χ2n) is 5.30. The van der Waals surface area contributed by atoms with Crippen molar-refractivity contribution < 1.29 is 9.53 Å². The molecule has 1 saturated heterocycles. The minimum atomic E-state index is -0.381. The third-order valence-electron chi connectivity index (χ3n) is 3.42. The summed E-state index contributed by atoms with van der Waals surface area (Å²) in [4.78, 5) is 13.9. The van der Waals surface area contributed by atoms with Crippen LogP contribution in [0.2, 0.25) is 0 Å². The van der Waals surface area contributed by atoms with Crippen molar-refractivity contribution in [3.63, 3.8) is 0 Å². The number of esters is 1. The number of carbonyl (C=O) groups excluding carboxylic acids is 1. The van der Waals surface area contributed by atoms with Crippen LogP contribution >= 0.6 is 12.4 Å². The number of rotatable bonds is 4. The fourth-order valence-electron chi connectivity index (χ4n) is 1.99. The number of piperidine rings is 1. The predicted octanol–water partition coefficient (Wildman–Crippen LogP) is 1.42. The van der Waals surface area contributed by atoms with Gasteiger partial charge >= 0.3 is 5.97 Å². The smallest absolute Gasteiger partial charge is 0.311 e. The van der Waals surface area contributed by atoms with Crippen molar-refractivity contribution in [1.82, 2.24) is 4.90 Å². The van der Waals surface area contributed by atoms with Crippen molar-refractivity contribution in [1.29, 1.82) is 0 Å². The van der Waals surface area contributed by atoms with Gasteiger partial charge in [0.1, 0.15) is 0 Å². The van der Waals surface area contributed by atoms with Crippen molar-refractivity contribution in [2.75, 3.05) is 26.7 Å². The Morgan fingerprint density at radius 1 is 1.41 bits per heavy atom. The second kappa shape index (κ2) is 7.19. The van der Waals surface area contributed by atoms with Gasteiger partial charge in [0.15, 0.2) is 0 Å². The molecule has 1 fully saturated rings. The Morgan fingerprint density at radius 2 is 1.94 bits per heavy atom. The highest BCUT2D eigenvalue weighted by atomic mass is 35.5. The van der Waals surface area contributed by atoms with E-state index in [9.17, 15) is 4.79 Å². The molecule has 0 saturated carbocycles. The molecule has 0 unspecified atom stereocenters. The zero-order valence-corrected chi connectivity index (χ0v) is 11.9. The van der Waals surface area contributed by atoms with Gasteiger partial charge in [-0.2, -0.15) is 0 Å². The van der Waals surface area contributed by atoms with E-state index < -0.39 is 0 Å². The first-order chi connectivity index (χ1) is 7.45. The van der Waals surface area contributed by atoms with Gasteiger partial charge in [0.25, 0.3) is 0 Å². The van der Waals surface area contributed by atoms with Crippen LogP contribution < -0.4 is 5.73 Å². The van der Waals surface area contributed by atoms with Gasteiger partial charge < -0.3 is 15.4 Å². The van der Waals surface area contributed by atoms with Crippen molar-refractivity contribution in [2.45, 2.75) is 39.2 Å². The highest BCUT2D eigenvalue weighted by Gasteiger charge is 2.29. The normalized spacial score (nSPS) is 18.6. The monoisotopic (exact) mass is 264 g/mol. The summed E-state index contributed by atoms with van der Waals surface area (Å²) in [6, 6.07) is 0.366. The highest BCUT2D eigenvalue weighted by Crippen LogP contribution is 2.23. The summed E-state index contributed by atoms with van der Waals surface area (Å²) in [5.41, 5.74) is 5.47. The maximum atomic E-state index is 11.5. The molecule has 0 aliphatic carbocycles. The van der Waals surface area contributed by atoms with Crippen molar-refractivity contribution in [3.05, 3.63) is 0 Å². The average Bonchev–Trinajstić information content (AvgIpc) is 2.27. The summed E-state index contributed by atoms with van der Waals surface area (Å²) < 4.78 is 4.79. The molecule has 102 valence electrons. The van der Waals surface area contributed by atoms with Crippen LogP contribution in [0.5, 0.6) is 0 Å². The zero-order valence-electron chi connectivity index (χ0n) is 11.1. The number of carbonyl (C=O) groups is 1.